The summed E-state index contributed by atoms with van der Waals surface area (Å²) >= 11 is 0. The summed E-state index contributed by atoms with van der Waals surface area (Å²) in [6, 6.07) is 0. The second-order valence-corrected chi connectivity index (χ2v) is 5.18. The van der Waals surface area contributed by atoms with Crippen molar-refractivity contribution in [2.45, 2.75) is 25.4 Å². The van der Waals surface area contributed by atoms with Crippen molar-refractivity contribution in [3.63, 3.8) is 0 Å². The minimum Gasteiger partial charge on any atom is -0.385 e. The lowest BCUT2D eigenvalue weighted by Crippen LogP contribution is -2.21. The van der Waals surface area contributed by atoms with E-state index in [0.717, 1.165) is 19.3 Å². The van der Waals surface area contributed by atoms with Gasteiger partial charge in [0.05, 0.1) is 11.0 Å². The molecule has 128 valence electrons. The average molecular weight is 326 g/mol. The van der Waals surface area contributed by atoms with Gasteiger partial charge in [-0.1, -0.05) is 0 Å². The van der Waals surface area contributed by atoms with Gasteiger partial charge in [0.2, 0.25) is 17.6 Å². The normalized spacial score (nSPS) is 17.2. The first-order valence-electron chi connectivity index (χ1n) is 7.52. The molecule has 10 nitrogen and oxygen atoms in total. The van der Waals surface area contributed by atoms with Gasteiger partial charge in [-0.3, -0.25) is 10.1 Å². The highest BCUT2D eigenvalue weighted by molar-refractivity contribution is 5.69. The third-order valence-electron chi connectivity index (χ3n) is 3.42. The van der Waals surface area contributed by atoms with E-state index in [2.05, 4.69) is 20.6 Å². The molecule has 1 fully saturated rings. The number of nitro groups is 1. The van der Waals surface area contributed by atoms with Gasteiger partial charge in [0.25, 0.3) is 0 Å². The monoisotopic (exact) mass is 326 g/mol. The third kappa shape index (κ3) is 4.89. The molecular weight excluding hydrogens is 304 g/mol. The number of hydrogen-bond acceptors (Lipinski definition) is 9. The fraction of sp³-hybridized carbons (Fsp3) is 0.692. The zero-order chi connectivity index (χ0) is 16.7. The molecule has 1 aliphatic rings. The summed E-state index contributed by atoms with van der Waals surface area (Å²) in [6.07, 6.45) is 2.70. The first-order valence-corrected chi connectivity index (χ1v) is 7.52. The number of nitrogens with two attached hydrogens (primary N) is 1. The van der Waals surface area contributed by atoms with E-state index in [9.17, 15) is 10.1 Å². The molecule has 0 radical (unpaired) electrons. The summed E-state index contributed by atoms with van der Waals surface area (Å²) in [5.74, 6) is 0.181. The van der Waals surface area contributed by atoms with Crippen LogP contribution in [0.25, 0.3) is 0 Å². The minimum atomic E-state index is -0.581. The number of aromatic nitrogens is 2. The van der Waals surface area contributed by atoms with Crippen LogP contribution in [0.2, 0.25) is 0 Å². The van der Waals surface area contributed by atoms with Gasteiger partial charge in [-0.2, -0.15) is 9.97 Å². The summed E-state index contributed by atoms with van der Waals surface area (Å²) in [4.78, 5) is 18.7. The zero-order valence-electron chi connectivity index (χ0n) is 13.1. The molecule has 0 amide bonds. The maximum Gasteiger partial charge on any atom is 0.353 e. The SMILES string of the molecule is COCCCNc1nc(N)c([N+](=O)[O-])c(NC[C@@H]2CCCO2)n1. The van der Waals surface area contributed by atoms with Crippen molar-refractivity contribution >= 4 is 23.3 Å². The quantitative estimate of drug-likeness (QED) is 0.344. The van der Waals surface area contributed by atoms with Crippen molar-refractivity contribution in [1.29, 1.82) is 0 Å². The molecule has 10 heteroatoms. The van der Waals surface area contributed by atoms with Gasteiger partial charge >= 0.3 is 5.69 Å². The van der Waals surface area contributed by atoms with E-state index >= 15 is 0 Å². The highest BCUT2D eigenvalue weighted by Gasteiger charge is 2.24. The number of anilines is 3. The van der Waals surface area contributed by atoms with E-state index in [1.807, 2.05) is 0 Å². The predicted octanol–water partition coefficient (Wildman–Crippen LogP) is 1.01. The molecule has 0 bridgehead atoms. The second-order valence-electron chi connectivity index (χ2n) is 5.18. The number of hydrogen-bond donors (Lipinski definition) is 3. The van der Waals surface area contributed by atoms with Crippen LogP contribution in [0.5, 0.6) is 0 Å². The maximum absolute atomic E-state index is 11.2. The summed E-state index contributed by atoms with van der Waals surface area (Å²) in [7, 11) is 1.62. The maximum atomic E-state index is 11.2. The summed E-state index contributed by atoms with van der Waals surface area (Å²) in [6.45, 7) is 2.34. The number of rotatable bonds is 9. The average Bonchev–Trinajstić information content (AvgIpc) is 3.02. The molecule has 4 N–H and O–H groups in total. The topological polar surface area (TPSA) is 137 Å². The van der Waals surface area contributed by atoms with Crippen LogP contribution in [0.1, 0.15) is 19.3 Å². The molecule has 2 rings (SSSR count). The number of nitrogens with zero attached hydrogens (tertiary/aromatic N) is 3. The van der Waals surface area contributed by atoms with Gasteiger partial charge in [0.1, 0.15) is 0 Å². The Bertz CT molecular complexity index is 535. The first kappa shape index (κ1) is 17.2. The molecule has 23 heavy (non-hydrogen) atoms. The molecule has 0 spiro atoms. The Kier molecular flexibility index (Phi) is 6.29. The van der Waals surface area contributed by atoms with Crippen molar-refractivity contribution in [1.82, 2.24) is 9.97 Å². The Morgan fingerprint density at radius 3 is 2.96 bits per heavy atom. The number of methoxy groups -OCH3 is 1. The molecule has 0 aliphatic carbocycles. The van der Waals surface area contributed by atoms with Crippen molar-refractivity contribution in [3.05, 3.63) is 10.1 Å². The second kappa shape index (κ2) is 8.44. The van der Waals surface area contributed by atoms with E-state index < -0.39 is 4.92 Å². The van der Waals surface area contributed by atoms with Gasteiger partial charge in [0.15, 0.2) is 0 Å². The van der Waals surface area contributed by atoms with E-state index in [-0.39, 0.29) is 29.4 Å². The van der Waals surface area contributed by atoms with E-state index in [0.29, 0.717) is 26.3 Å². The Balaban J connectivity index is 2.07. The van der Waals surface area contributed by atoms with Crippen LogP contribution >= 0.6 is 0 Å². The van der Waals surface area contributed by atoms with Gasteiger partial charge in [-0.05, 0) is 19.3 Å². The van der Waals surface area contributed by atoms with Crippen LogP contribution < -0.4 is 16.4 Å². The fourth-order valence-corrected chi connectivity index (χ4v) is 2.29. The summed E-state index contributed by atoms with van der Waals surface area (Å²) in [5, 5.41) is 17.1. The lowest BCUT2D eigenvalue weighted by atomic mass is 10.2. The molecule has 1 saturated heterocycles. The van der Waals surface area contributed by atoms with Gasteiger partial charge in [-0.15, -0.1) is 0 Å². The predicted molar refractivity (Wildman–Crippen MR) is 85.5 cm³/mol. The molecule has 0 unspecified atom stereocenters. The molecule has 1 aromatic rings. The number of nitrogens with one attached hydrogen (secondary N) is 2. The summed E-state index contributed by atoms with van der Waals surface area (Å²) in [5.41, 5.74) is 5.39. The van der Waals surface area contributed by atoms with Crippen LogP contribution in [-0.2, 0) is 9.47 Å². The standard InChI is InChI=1S/C13H22N6O4/c1-22-6-3-5-15-13-17-11(14)10(19(20)21)12(18-13)16-8-9-4-2-7-23-9/h9H,2-8H2,1H3,(H4,14,15,16,17,18)/t9-/m0/s1. The van der Waals surface area contributed by atoms with Crippen molar-refractivity contribution in [2.75, 3.05) is 49.8 Å². The van der Waals surface area contributed by atoms with Crippen LogP contribution in [0, 0.1) is 10.1 Å². The summed E-state index contributed by atoms with van der Waals surface area (Å²) < 4.78 is 10.4. The van der Waals surface area contributed by atoms with Crippen molar-refractivity contribution in [2.24, 2.45) is 0 Å². The van der Waals surface area contributed by atoms with Crippen LogP contribution in [0.3, 0.4) is 0 Å². The van der Waals surface area contributed by atoms with Crippen molar-refractivity contribution in [3.8, 4) is 0 Å². The van der Waals surface area contributed by atoms with Gasteiger partial charge < -0.3 is 25.8 Å². The number of nitrogen functional groups attached to an aromatic ring is 1. The molecule has 2 heterocycles. The Hall–Kier alpha value is -2.20. The molecule has 1 aliphatic heterocycles. The lowest BCUT2D eigenvalue weighted by molar-refractivity contribution is -0.383. The largest absolute Gasteiger partial charge is 0.385 e. The van der Waals surface area contributed by atoms with Crippen molar-refractivity contribution < 1.29 is 14.4 Å². The molecule has 0 saturated carbocycles. The van der Waals surface area contributed by atoms with Gasteiger partial charge in [-0.25, -0.2) is 0 Å². The van der Waals surface area contributed by atoms with E-state index in [4.69, 9.17) is 15.2 Å². The number of ether oxygens (including phenoxy) is 2. The lowest BCUT2D eigenvalue weighted by Gasteiger charge is -2.13. The Labute approximate surface area is 133 Å². The highest BCUT2D eigenvalue weighted by Crippen LogP contribution is 2.29. The Morgan fingerprint density at radius 2 is 2.30 bits per heavy atom. The van der Waals surface area contributed by atoms with Crippen LogP contribution in [-0.4, -0.2) is 54.4 Å². The minimum absolute atomic E-state index is 0.0314. The first-order chi connectivity index (χ1) is 11.1. The molecule has 1 aromatic heterocycles. The van der Waals surface area contributed by atoms with Crippen LogP contribution in [0.4, 0.5) is 23.3 Å². The fourth-order valence-electron chi connectivity index (χ4n) is 2.29. The molecular formula is C13H22N6O4. The zero-order valence-corrected chi connectivity index (χ0v) is 13.1. The highest BCUT2D eigenvalue weighted by atomic mass is 16.6. The third-order valence-corrected chi connectivity index (χ3v) is 3.42. The van der Waals surface area contributed by atoms with E-state index in [1.54, 1.807) is 7.11 Å². The smallest absolute Gasteiger partial charge is 0.353 e. The van der Waals surface area contributed by atoms with Crippen LogP contribution in [0.15, 0.2) is 0 Å². The van der Waals surface area contributed by atoms with Gasteiger partial charge in [0, 0.05) is 33.4 Å². The Morgan fingerprint density at radius 1 is 1.48 bits per heavy atom. The molecule has 1 atom stereocenters. The molecule has 0 aromatic carbocycles. The van der Waals surface area contributed by atoms with E-state index in [1.165, 1.54) is 0 Å².